The summed E-state index contributed by atoms with van der Waals surface area (Å²) in [5.41, 5.74) is 4.57. The SMILES string of the molecule is COc1cccc(C2C3=C(CC(C)(C)CC3=O)Nc3ccccc3N2CC(=O)NCCc2ccc(F)cc2)c1OC. The molecule has 0 saturated carbocycles. The van der Waals surface area contributed by atoms with Crippen LogP contribution in [0.15, 0.2) is 78.0 Å². The van der Waals surface area contributed by atoms with Crippen LogP contribution in [0.2, 0.25) is 0 Å². The normalized spacial score (nSPS) is 17.6. The summed E-state index contributed by atoms with van der Waals surface area (Å²) in [6.07, 6.45) is 1.65. The molecule has 1 heterocycles. The lowest BCUT2D eigenvalue weighted by Gasteiger charge is -2.38. The van der Waals surface area contributed by atoms with Crippen molar-refractivity contribution in [1.29, 1.82) is 0 Å². The van der Waals surface area contributed by atoms with E-state index in [0.29, 0.717) is 42.9 Å². The van der Waals surface area contributed by atoms with E-state index in [1.807, 2.05) is 47.4 Å². The molecule has 3 aromatic carbocycles. The van der Waals surface area contributed by atoms with E-state index in [0.717, 1.165) is 28.2 Å². The minimum atomic E-state index is -0.599. The first-order chi connectivity index (χ1) is 19.7. The number of fused-ring (bicyclic) bond motifs is 1. The highest BCUT2D eigenvalue weighted by molar-refractivity contribution is 6.02. The van der Waals surface area contributed by atoms with Gasteiger partial charge in [0.05, 0.1) is 38.2 Å². The Hall–Kier alpha value is -4.33. The highest BCUT2D eigenvalue weighted by Gasteiger charge is 2.43. The lowest BCUT2D eigenvalue weighted by Crippen LogP contribution is -2.42. The molecule has 7 nitrogen and oxygen atoms in total. The molecule has 0 radical (unpaired) electrons. The van der Waals surface area contributed by atoms with E-state index in [4.69, 9.17) is 9.47 Å². The lowest BCUT2D eigenvalue weighted by atomic mass is 9.73. The van der Waals surface area contributed by atoms with Crippen LogP contribution >= 0.6 is 0 Å². The van der Waals surface area contributed by atoms with E-state index in [1.165, 1.54) is 12.1 Å². The molecular formula is C33H36FN3O4. The summed E-state index contributed by atoms with van der Waals surface area (Å²) in [5, 5.41) is 6.58. The molecule has 1 aliphatic carbocycles. The maximum atomic E-state index is 13.9. The number of para-hydroxylation sites is 3. The molecule has 0 bridgehead atoms. The lowest BCUT2D eigenvalue weighted by molar-refractivity contribution is -0.120. The van der Waals surface area contributed by atoms with Gasteiger partial charge in [-0.15, -0.1) is 0 Å². The van der Waals surface area contributed by atoms with E-state index < -0.39 is 6.04 Å². The number of allylic oxidation sites excluding steroid dienone is 1. The third-order valence-electron chi connectivity index (χ3n) is 7.70. The molecule has 5 rings (SSSR count). The van der Waals surface area contributed by atoms with Crippen molar-refractivity contribution < 1.29 is 23.5 Å². The topological polar surface area (TPSA) is 79.9 Å². The molecule has 0 aromatic heterocycles. The fourth-order valence-electron chi connectivity index (χ4n) is 5.89. The second-order valence-corrected chi connectivity index (χ2v) is 11.3. The fraction of sp³-hybridized carbons (Fsp3) is 0.333. The number of hydrogen-bond acceptors (Lipinski definition) is 6. The van der Waals surface area contributed by atoms with Crippen molar-refractivity contribution in [3.05, 3.63) is 94.9 Å². The van der Waals surface area contributed by atoms with Gasteiger partial charge in [0.25, 0.3) is 0 Å². The van der Waals surface area contributed by atoms with E-state index in [1.54, 1.807) is 26.4 Å². The number of rotatable bonds is 8. The third-order valence-corrected chi connectivity index (χ3v) is 7.70. The number of Topliss-reactive ketones (excluding diaryl/α,β-unsaturated/α-hetero) is 1. The smallest absolute Gasteiger partial charge is 0.239 e. The zero-order valence-electron chi connectivity index (χ0n) is 23.9. The van der Waals surface area contributed by atoms with E-state index >= 15 is 0 Å². The average Bonchev–Trinajstić information content (AvgIpc) is 3.07. The van der Waals surface area contributed by atoms with Crippen LogP contribution < -0.4 is 25.0 Å². The van der Waals surface area contributed by atoms with Crippen LogP contribution in [-0.4, -0.2) is 39.0 Å². The summed E-state index contributed by atoms with van der Waals surface area (Å²) in [6.45, 7) is 4.59. The van der Waals surface area contributed by atoms with Crippen LogP contribution in [0.3, 0.4) is 0 Å². The largest absolute Gasteiger partial charge is 0.493 e. The number of ether oxygens (including phenoxy) is 2. The number of benzene rings is 3. The maximum absolute atomic E-state index is 13.9. The number of nitrogens with one attached hydrogen (secondary N) is 2. The Bertz CT molecular complexity index is 1480. The maximum Gasteiger partial charge on any atom is 0.239 e. The van der Waals surface area contributed by atoms with Crippen LogP contribution in [-0.2, 0) is 16.0 Å². The second-order valence-electron chi connectivity index (χ2n) is 11.3. The standard InChI is InChI=1S/C33H36FN3O4/c1-33(2)18-25-30(27(38)19-33)31(23-8-7-11-28(40-3)32(23)41-4)37(26-10-6-5-9-24(26)36-25)20-29(39)35-17-16-21-12-14-22(34)15-13-21/h5-15,31,36H,16-20H2,1-4H3,(H,35,39). The van der Waals surface area contributed by atoms with Crippen molar-refractivity contribution >= 4 is 23.1 Å². The molecule has 8 heteroatoms. The highest BCUT2D eigenvalue weighted by Crippen LogP contribution is 2.50. The van der Waals surface area contributed by atoms with Gasteiger partial charge in [0.15, 0.2) is 17.3 Å². The molecule has 1 amide bonds. The summed E-state index contributed by atoms with van der Waals surface area (Å²) in [6, 6.07) is 19.1. The number of amides is 1. The van der Waals surface area contributed by atoms with Crippen LogP contribution in [0.25, 0.3) is 0 Å². The Morgan fingerprint density at radius 1 is 1.02 bits per heavy atom. The molecule has 214 valence electrons. The second kappa shape index (κ2) is 11.6. The molecule has 1 atom stereocenters. The first kappa shape index (κ1) is 28.2. The van der Waals surface area contributed by atoms with E-state index in [9.17, 15) is 14.0 Å². The molecule has 1 aliphatic heterocycles. The Morgan fingerprint density at radius 3 is 2.51 bits per heavy atom. The predicted molar refractivity (Wildman–Crippen MR) is 158 cm³/mol. The number of carbonyl (C=O) groups excluding carboxylic acids is 2. The minimum absolute atomic E-state index is 0.000590. The molecular weight excluding hydrogens is 521 g/mol. The fourth-order valence-corrected chi connectivity index (χ4v) is 5.89. The molecule has 1 unspecified atom stereocenters. The molecule has 2 N–H and O–H groups in total. The van der Waals surface area contributed by atoms with Crippen molar-refractivity contribution in [2.75, 3.05) is 37.5 Å². The van der Waals surface area contributed by atoms with Gasteiger partial charge in [0.2, 0.25) is 5.91 Å². The highest BCUT2D eigenvalue weighted by atomic mass is 19.1. The average molecular weight is 558 g/mol. The first-order valence-corrected chi connectivity index (χ1v) is 13.8. The Balaban J connectivity index is 1.57. The van der Waals surface area contributed by atoms with Gasteiger partial charge in [-0.05, 0) is 54.2 Å². The van der Waals surface area contributed by atoms with Gasteiger partial charge in [0.1, 0.15) is 5.82 Å². The summed E-state index contributed by atoms with van der Waals surface area (Å²) < 4.78 is 24.8. The van der Waals surface area contributed by atoms with Crippen LogP contribution in [0.4, 0.5) is 15.8 Å². The first-order valence-electron chi connectivity index (χ1n) is 13.8. The number of anilines is 2. The van der Waals surface area contributed by atoms with Crippen LogP contribution in [0, 0.1) is 11.2 Å². The monoisotopic (exact) mass is 557 g/mol. The number of ketones is 1. The van der Waals surface area contributed by atoms with Crippen molar-refractivity contribution in [2.45, 2.75) is 39.2 Å². The van der Waals surface area contributed by atoms with Gasteiger partial charge in [-0.2, -0.15) is 0 Å². The number of halogens is 1. The van der Waals surface area contributed by atoms with Gasteiger partial charge < -0.3 is 25.0 Å². The number of carbonyl (C=O) groups is 2. The number of methoxy groups -OCH3 is 2. The third kappa shape index (κ3) is 5.92. The number of nitrogens with zero attached hydrogens (tertiary/aromatic N) is 1. The molecule has 2 aliphatic rings. The molecule has 3 aromatic rings. The van der Waals surface area contributed by atoms with Crippen LogP contribution in [0.1, 0.15) is 43.9 Å². The van der Waals surface area contributed by atoms with Gasteiger partial charge in [-0.25, -0.2) is 4.39 Å². The number of hydrogen-bond donors (Lipinski definition) is 2. The molecule has 0 spiro atoms. The summed E-state index contributed by atoms with van der Waals surface area (Å²) >= 11 is 0. The van der Waals surface area contributed by atoms with E-state index in [-0.39, 0.29) is 29.5 Å². The van der Waals surface area contributed by atoms with E-state index in [2.05, 4.69) is 24.5 Å². The van der Waals surface area contributed by atoms with Crippen molar-refractivity contribution in [2.24, 2.45) is 5.41 Å². The summed E-state index contributed by atoms with van der Waals surface area (Å²) in [7, 11) is 3.16. The van der Waals surface area contributed by atoms with Crippen LogP contribution in [0.5, 0.6) is 11.5 Å². The Kier molecular flexibility index (Phi) is 8.01. The molecule has 0 fully saturated rings. The summed E-state index contributed by atoms with van der Waals surface area (Å²) in [5.74, 6) is 0.615. The van der Waals surface area contributed by atoms with Gasteiger partial charge in [0, 0.05) is 29.8 Å². The van der Waals surface area contributed by atoms with Crippen molar-refractivity contribution in [3.63, 3.8) is 0 Å². The minimum Gasteiger partial charge on any atom is -0.493 e. The Morgan fingerprint density at radius 2 is 1.78 bits per heavy atom. The van der Waals surface area contributed by atoms with Crippen molar-refractivity contribution in [1.82, 2.24) is 5.32 Å². The van der Waals surface area contributed by atoms with Gasteiger partial charge in [-0.3, -0.25) is 9.59 Å². The van der Waals surface area contributed by atoms with Crippen molar-refractivity contribution in [3.8, 4) is 11.5 Å². The predicted octanol–water partition coefficient (Wildman–Crippen LogP) is 5.82. The zero-order chi connectivity index (χ0) is 29.1. The summed E-state index contributed by atoms with van der Waals surface area (Å²) in [4.78, 5) is 29.4. The zero-order valence-corrected chi connectivity index (χ0v) is 23.9. The quantitative estimate of drug-likeness (QED) is 0.364. The molecule has 0 saturated heterocycles. The Labute approximate surface area is 240 Å². The molecule has 41 heavy (non-hydrogen) atoms. The van der Waals surface area contributed by atoms with Gasteiger partial charge in [-0.1, -0.05) is 50.2 Å². The van der Waals surface area contributed by atoms with Gasteiger partial charge >= 0.3 is 0 Å².